The Kier molecular flexibility index (Phi) is 5.25. The minimum absolute atomic E-state index is 0.0567. The number of rotatable bonds is 4. The number of benzene rings is 2. The Morgan fingerprint density at radius 2 is 1.67 bits per heavy atom. The summed E-state index contributed by atoms with van der Waals surface area (Å²) < 4.78 is 1.80. The molecule has 1 amide bonds. The van der Waals surface area contributed by atoms with Crippen LogP contribution in [0.3, 0.4) is 0 Å². The van der Waals surface area contributed by atoms with E-state index >= 15 is 0 Å². The van der Waals surface area contributed by atoms with Crippen molar-refractivity contribution in [1.82, 2.24) is 4.57 Å². The highest BCUT2D eigenvalue weighted by Crippen LogP contribution is 2.30. The fourth-order valence-corrected chi connectivity index (χ4v) is 3.04. The standard InChI is InChI=1S/C20H16ClN5O/c21-16-6-2-5-15(10-16)18-8-7-17(14-4-1-3-13(9-14)11-22)26(18)12-19(27)25-20(23)24/h1-10H,12H2,(H4,23,24,25,27). The van der Waals surface area contributed by atoms with Crippen LogP contribution in [0.5, 0.6) is 0 Å². The van der Waals surface area contributed by atoms with Crippen molar-refractivity contribution in [1.29, 1.82) is 5.26 Å². The largest absolute Gasteiger partial charge is 0.370 e. The number of nitrogens with two attached hydrogens (primary N) is 2. The third kappa shape index (κ3) is 4.17. The molecule has 0 aliphatic heterocycles. The van der Waals surface area contributed by atoms with Gasteiger partial charge in [-0.1, -0.05) is 35.9 Å². The average Bonchev–Trinajstić information content (AvgIpc) is 3.04. The zero-order chi connectivity index (χ0) is 19.4. The van der Waals surface area contributed by atoms with Crippen LogP contribution in [0.15, 0.2) is 65.7 Å². The monoisotopic (exact) mass is 377 g/mol. The number of hydrogen-bond acceptors (Lipinski definition) is 2. The van der Waals surface area contributed by atoms with Crippen molar-refractivity contribution in [2.45, 2.75) is 6.54 Å². The number of halogens is 1. The van der Waals surface area contributed by atoms with Crippen LogP contribution >= 0.6 is 11.6 Å². The van der Waals surface area contributed by atoms with E-state index in [1.807, 2.05) is 36.4 Å². The van der Waals surface area contributed by atoms with Crippen LogP contribution in [0.2, 0.25) is 5.02 Å². The molecule has 3 aromatic rings. The van der Waals surface area contributed by atoms with Crippen molar-refractivity contribution in [2.75, 3.05) is 0 Å². The summed E-state index contributed by atoms with van der Waals surface area (Å²) in [4.78, 5) is 15.8. The summed E-state index contributed by atoms with van der Waals surface area (Å²) in [6.07, 6.45) is 0. The zero-order valence-corrected chi connectivity index (χ0v) is 15.0. The van der Waals surface area contributed by atoms with Crippen molar-refractivity contribution < 1.29 is 4.79 Å². The molecule has 4 N–H and O–H groups in total. The van der Waals surface area contributed by atoms with Crippen molar-refractivity contribution in [2.24, 2.45) is 16.5 Å². The SMILES string of the molecule is N#Cc1cccc(-c2ccc(-c3cccc(Cl)c3)n2CC(=O)N=C(N)N)c1. The third-order valence-electron chi connectivity index (χ3n) is 3.94. The first-order valence-electron chi connectivity index (χ1n) is 8.06. The van der Waals surface area contributed by atoms with Gasteiger partial charge in [-0.2, -0.15) is 10.3 Å². The Balaban J connectivity index is 2.15. The predicted octanol–water partition coefficient (Wildman–Crippen LogP) is 3.15. The Labute approximate surface area is 161 Å². The molecular weight excluding hydrogens is 362 g/mol. The number of nitriles is 1. The summed E-state index contributed by atoms with van der Waals surface area (Å²) >= 11 is 6.12. The Morgan fingerprint density at radius 1 is 1.04 bits per heavy atom. The number of amides is 1. The molecule has 0 saturated carbocycles. The van der Waals surface area contributed by atoms with Crippen molar-refractivity contribution >= 4 is 23.5 Å². The van der Waals surface area contributed by atoms with Gasteiger partial charge >= 0.3 is 0 Å². The van der Waals surface area contributed by atoms with Gasteiger partial charge in [0.1, 0.15) is 6.54 Å². The molecule has 2 aromatic carbocycles. The van der Waals surface area contributed by atoms with Crippen molar-refractivity contribution in [3.05, 3.63) is 71.2 Å². The molecule has 0 fully saturated rings. The molecule has 27 heavy (non-hydrogen) atoms. The lowest BCUT2D eigenvalue weighted by molar-refractivity contribution is -0.118. The van der Waals surface area contributed by atoms with Crippen LogP contribution in [0, 0.1) is 11.3 Å². The molecule has 3 rings (SSSR count). The second-order valence-electron chi connectivity index (χ2n) is 5.82. The first-order chi connectivity index (χ1) is 13.0. The Bertz CT molecular complexity index is 1070. The van der Waals surface area contributed by atoms with E-state index in [0.717, 1.165) is 22.5 Å². The number of hydrogen-bond donors (Lipinski definition) is 2. The Hall–Kier alpha value is -3.56. The van der Waals surface area contributed by atoms with Gasteiger partial charge < -0.3 is 16.0 Å². The normalized spacial score (nSPS) is 10.2. The fourth-order valence-electron chi connectivity index (χ4n) is 2.85. The maximum Gasteiger partial charge on any atom is 0.268 e. The third-order valence-corrected chi connectivity index (χ3v) is 4.17. The van der Waals surface area contributed by atoms with E-state index in [-0.39, 0.29) is 12.5 Å². The van der Waals surface area contributed by atoms with Crippen LogP contribution in [0.25, 0.3) is 22.5 Å². The summed E-state index contributed by atoms with van der Waals surface area (Å²) in [6, 6.07) is 20.4. The number of nitrogens with zero attached hydrogens (tertiary/aromatic N) is 3. The molecule has 0 radical (unpaired) electrons. The lowest BCUT2D eigenvalue weighted by Crippen LogP contribution is -2.25. The summed E-state index contributed by atoms with van der Waals surface area (Å²) in [5.41, 5.74) is 14.4. The van der Waals surface area contributed by atoms with E-state index in [4.69, 9.17) is 28.3 Å². The molecule has 0 spiro atoms. The van der Waals surface area contributed by atoms with Gasteiger partial charge in [0.15, 0.2) is 5.96 Å². The first kappa shape index (κ1) is 18.2. The lowest BCUT2D eigenvalue weighted by atomic mass is 10.1. The highest BCUT2D eigenvalue weighted by Gasteiger charge is 2.15. The Morgan fingerprint density at radius 3 is 2.26 bits per heavy atom. The predicted molar refractivity (Wildman–Crippen MR) is 106 cm³/mol. The van der Waals surface area contributed by atoms with Gasteiger partial charge in [0.2, 0.25) is 0 Å². The molecule has 1 heterocycles. The quantitative estimate of drug-likeness (QED) is 0.537. The van der Waals surface area contributed by atoms with Gasteiger partial charge in [-0.3, -0.25) is 4.79 Å². The van der Waals surface area contributed by atoms with E-state index in [2.05, 4.69) is 11.1 Å². The van der Waals surface area contributed by atoms with E-state index in [9.17, 15) is 4.79 Å². The van der Waals surface area contributed by atoms with Gasteiger partial charge in [-0.25, -0.2) is 0 Å². The van der Waals surface area contributed by atoms with Gasteiger partial charge in [-0.15, -0.1) is 0 Å². The molecule has 0 unspecified atom stereocenters. The molecule has 0 atom stereocenters. The molecule has 0 aliphatic carbocycles. The molecule has 1 aromatic heterocycles. The minimum Gasteiger partial charge on any atom is -0.370 e. The van der Waals surface area contributed by atoms with E-state index in [0.29, 0.717) is 10.6 Å². The number of aromatic nitrogens is 1. The fraction of sp³-hybridized carbons (Fsp3) is 0.0500. The maximum absolute atomic E-state index is 12.2. The van der Waals surface area contributed by atoms with Crippen molar-refractivity contribution in [3.8, 4) is 28.6 Å². The smallest absolute Gasteiger partial charge is 0.268 e. The number of carbonyl (C=O) groups is 1. The molecular formula is C20H16ClN5O. The molecule has 0 aliphatic rings. The van der Waals surface area contributed by atoms with E-state index in [1.54, 1.807) is 28.8 Å². The van der Waals surface area contributed by atoms with E-state index in [1.165, 1.54) is 0 Å². The van der Waals surface area contributed by atoms with Gasteiger partial charge in [0.25, 0.3) is 5.91 Å². The van der Waals surface area contributed by atoms with Crippen LogP contribution in [-0.4, -0.2) is 16.4 Å². The molecule has 0 bridgehead atoms. The van der Waals surface area contributed by atoms with Crippen molar-refractivity contribution in [3.63, 3.8) is 0 Å². The van der Waals surface area contributed by atoms with Crippen LogP contribution in [0.1, 0.15) is 5.56 Å². The van der Waals surface area contributed by atoms with Crippen LogP contribution in [0.4, 0.5) is 0 Å². The molecule has 6 nitrogen and oxygen atoms in total. The highest BCUT2D eigenvalue weighted by molar-refractivity contribution is 6.30. The summed E-state index contributed by atoms with van der Waals surface area (Å²) in [5, 5.41) is 9.75. The molecule has 0 saturated heterocycles. The summed E-state index contributed by atoms with van der Waals surface area (Å²) in [6.45, 7) is -0.0567. The second-order valence-corrected chi connectivity index (χ2v) is 6.26. The van der Waals surface area contributed by atoms with Gasteiger partial charge in [0.05, 0.1) is 11.6 Å². The van der Waals surface area contributed by atoms with E-state index < -0.39 is 5.91 Å². The van der Waals surface area contributed by atoms with Crippen LogP contribution < -0.4 is 11.5 Å². The second kappa shape index (κ2) is 7.77. The first-order valence-corrected chi connectivity index (χ1v) is 8.44. The van der Waals surface area contributed by atoms with Crippen LogP contribution in [-0.2, 0) is 11.3 Å². The molecule has 134 valence electrons. The summed E-state index contributed by atoms with van der Waals surface area (Å²) in [5.74, 6) is -0.767. The lowest BCUT2D eigenvalue weighted by Gasteiger charge is -2.13. The zero-order valence-electron chi connectivity index (χ0n) is 14.3. The number of carbonyl (C=O) groups excluding carboxylic acids is 1. The maximum atomic E-state index is 12.2. The highest BCUT2D eigenvalue weighted by atomic mass is 35.5. The summed E-state index contributed by atoms with van der Waals surface area (Å²) in [7, 11) is 0. The average molecular weight is 378 g/mol. The van der Waals surface area contributed by atoms with Gasteiger partial charge in [-0.05, 0) is 47.5 Å². The number of guanidine groups is 1. The number of aliphatic imine (C=N–C) groups is 1. The van der Waals surface area contributed by atoms with Gasteiger partial charge in [0, 0.05) is 16.4 Å². The molecule has 7 heteroatoms. The minimum atomic E-state index is -0.479. The topological polar surface area (TPSA) is 110 Å².